The smallest absolute Gasteiger partial charge is 0.257 e. The second kappa shape index (κ2) is 7.14. The van der Waals surface area contributed by atoms with Gasteiger partial charge in [0.15, 0.2) is 0 Å². The van der Waals surface area contributed by atoms with Crippen molar-refractivity contribution in [2.45, 2.75) is 31.8 Å². The Labute approximate surface area is 130 Å². The van der Waals surface area contributed by atoms with Gasteiger partial charge in [-0.1, -0.05) is 24.4 Å². The molecule has 116 valence electrons. The molecule has 1 aliphatic rings. The maximum atomic E-state index is 12.5. The lowest BCUT2D eigenvalue weighted by Gasteiger charge is -2.31. The third-order valence-electron chi connectivity index (χ3n) is 4.12. The fourth-order valence-electron chi connectivity index (χ4n) is 2.88. The molecule has 0 saturated heterocycles. The van der Waals surface area contributed by atoms with Crippen molar-refractivity contribution in [2.75, 3.05) is 20.7 Å². The van der Waals surface area contributed by atoms with Crippen LogP contribution in [-0.4, -0.2) is 42.7 Å². The molecule has 0 bridgehead atoms. The van der Waals surface area contributed by atoms with Gasteiger partial charge in [-0.15, -0.1) is 0 Å². The minimum Gasteiger partial charge on any atom is -0.496 e. The molecule has 0 aliphatic heterocycles. The first kappa shape index (κ1) is 16.1. The monoisotopic (exact) mass is 311 g/mol. The topological polar surface area (TPSA) is 49.8 Å². The maximum absolute atomic E-state index is 12.5. The summed E-state index contributed by atoms with van der Waals surface area (Å²) in [5.74, 6) is 0.524. The van der Waals surface area contributed by atoms with Crippen LogP contribution >= 0.6 is 11.6 Å². The van der Waals surface area contributed by atoms with Crippen molar-refractivity contribution in [2.24, 2.45) is 5.92 Å². The van der Waals surface area contributed by atoms with Gasteiger partial charge in [0.2, 0.25) is 0 Å². The first-order valence-corrected chi connectivity index (χ1v) is 7.67. The molecular weight excluding hydrogens is 290 g/mol. The molecule has 0 heterocycles. The highest BCUT2D eigenvalue weighted by atomic mass is 35.5. The van der Waals surface area contributed by atoms with Gasteiger partial charge in [0.25, 0.3) is 5.91 Å². The Hall–Kier alpha value is -1.26. The van der Waals surface area contributed by atoms with Crippen molar-refractivity contribution in [3.8, 4) is 5.75 Å². The second-order valence-electron chi connectivity index (χ2n) is 5.64. The van der Waals surface area contributed by atoms with Gasteiger partial charge in [-0.25, -0.2) is 0 Å². The zero-order valence-corrected chi connectivity index (χ0v) is 13.3. The van der Waals surface area contributed by atoms with Gasteiger partial charge in [-0.3, -0.25) is 4.79 Å². The van der Waals surface area contributed by atoms with Crippen molar-refractivity contribution < 1.29 is 14.6 Å². The minimum absolute atomic E-state index is 0.110. The molecule has 1 aliphatic carbocycles. The molecule has 1 saturated carbocycles. The van der Waals surface area contributed by atoms with E-state index in [1.807, 2.05) is 0 Å². The van der Waals surface area contributed by atoms with E-state index in [2.05, 4.69) is 0 Å². The summed E-state index contributed by atoms with van der Waals surface area (Å²) in [4.78, 5) is 14.2. The summed E-state index contributed by atoms with van der Waals surface area (Å²) in [6.45, 7) is 0.561. The Morgan fingerprint density at radius 2 is 2.14 bits per heavy atom. The van der Waals surface area contributed by atoms with Crippen molar-refractivity contribution in [1.29, 1.82) is 0 Å². The number of carbonyl (C=O) groups excluding carboxylic acids is 1. The normalized spacial score (nSPS) is 21.9. The third-order valence-corrected chi connectivity index (χ3v) is 4.35. The minimum atomic E-state index is -0.305. The molecule has 5 heteroatoms. The number of ether oxygens (including phenoxy) is 1. The molecule has 0 spiro atoms. The number of nitrogens with zero attached hydrogens (tertiary/aromatic N) is 1. The molecule has 21 heavy (non-hydrogen) atoms. The summed E-state index contributed by atoms with van der Waals surface area (Å²) in [5.41, 5.74) is 0.495. The molecule has 2 atom stereocenters. The molecule has 0 aromatic heterocycles. The quantitative estimate of drug-likeness (QED) is 0.930. The average molecular weight is 312 g/mol. The largest absolute Gasteiger partial charge is 0.496 e. The summed E-state index contributed by atoms with van der Waals surface area (Å²) in [6, 6.07) is 5.00. The Bertz CT molecular complexity index is 506. The third kappa shape index (κ3) is 3.89. The fourth-order valence-corrected chi connectivity index (χ4v) is 3.05. The number of hydrogen-bond donors (Lipinski definition) is 1. The number of carbonyl (C=O) groups is 1. The van der Waals surface area contributed by atoms with Crippen LogP contribution in [0.2, 0.25) is 5.02 Å². The summed E-state index contributed by atoms with van der Waals surface area (Å²) < 4.78 is 5.23. The van der Waals surface area contributed by atoms with Gasteiger partial charge in [-0.05, 0) is 31.0 Å². The lowest BCUT2D eigenvalue weighted by molar-refractivity contribution is 0.0450. The van der Waals surface area contributed by atoms with E-state index in [0.717, 1.165) is 25.7 Å². The Balaban J connectivity index is 2.08. The zero-order chi connectivity index (χ0) is 15.4. The molecule has 4 nitrogen and oxygen atoms in total. The average Bonchev–Trinajstić information content (AvgIpc) is 2.48. The number of aliphatic hydroxyl groups is 1. The SMILES string of the molecule is COc1cc(Cl)ccc1C(=O)N(C)CC1CCCCC1O. The van der Waals surface area contributed by atoms with E-state index in [4.69, 9.17) is 16.3 Å². The van der Waals surface area contributed by atoms with Gasteiger partial charge < -0.3 is 14.7 Å². The fraction of sp³-hybridized carbons (Fsp3) is 0.562. The number of hydrogen-bond acceptors (Lipinski definition) is 3. The predicted molar refractivity (Wildman–Crippen MR) is 82.9 cm³/mol. The lowest BCUT2D eigenvalue weighted by Crippen LogP contribution is -2.38. The van der Waals surface area contributed by atoms with Crippen LogP contribution in [-0.2, 0) is 0 Å². The molecule has 1 aromatic rings. The van der Waals surface area contributed by atoms with Gasteiger partial charge in [0.1, 0.15) is 5.75 Å². The van der Waals surface area contributed by atoms with Crippen LogP contribution in [0.5, 0.6) is 5.75 Å². The van der Waals surface area contributed by atoms with Gasteiger partial charge >= 0.3 is 0 Å². The number of amides is 1. The standard InChI is InChI=1S/C16H22ClNO3/c1-18(10-11-5-3-4-6-14(11)19)16(20)13-8-7-12(17)9-15(13)21-2/h7-9,11,14,19H,3-6,10H2,1-2H3. The molecule has 2 rings (SSSR count). The number of aliphatic hydroxyl groups excluding tert-OH is 1. The van der Waals surface area contributed by atoms with Crippen molar-refractivity contribution >= 4 is 17.5 Å². The van der Waals surface area contributed by atoms with E-state index < -0.39 is 0 Å². The van der Waals surface area contributed by atoms with E-state index in [1.165, 1.54) is 7.11 Å². The highest BCUT2D eigenvalue weighted by Crippen LogP contribution is 2.27. The highest BCUT2D eigenvalue weighted by molar-refractivity contribution is 6.30. The molecule has 1 N–H and O–H groups in total. The van der Waals surface area contributed by atoms with Crippen molar-refractivity contribution in [1.82, 2.24) is 4.90 Å². The van der Waals surface area contributed by atoms with Crippen LogP contribution in [0.15, 0.2) is 18.2 Å². The van der Waals surface area contributed by atoms with Crippen molar-refractivity contribution in [3.63, 3.8) is 0 Å². The molecule has 2 unspecified atom stereocenters. The van der Waals surface area contributed by atoms with Gasteiger partial charge in [0, 0.05) is 24.5 Å². The van der Waals surface area contributed by atoms with Crippen LogP contribution in [0, 0.1) is 5.92 Å². The van der Waals surface area contributed by atoms with E-state index in [0.29, 0.717) is 22.9 Å². The summed E-state index contributed by atoms with van der Waals surface area (Å²) >= 11 is 5.92. The van der Waals surface area contributed by atoms with Crippen LogP contribution in [0.1, 0.15) is 36.0 Å². The summed E-state index contributed by atoms with van der Waals surface area (Å²) in [7, 11) is 3.28. The summed E-state index contributed by atoms with van der Waals surface area (Å²) in [6.07, 6.45) is 3.68. The Kier molecular flexibility index (Phi) is 5.48. The lowest BCUT2D eigenvalue weighted by atomic mass is 9.86. The predicted octanol–water partition coefficient (Wildman–Crippen LogP) is 2.97. The van der Waals surface area contributed by atoms with E-state index in [1.54, 1.807) is 30.1 Å². The second-order valence-corrected chi connectivity index (χ2v) is 6.08. The van der Waals surface area contributed by atoms with E-state index >= 15 is 0 Å². The van der Waals surface area contributed by atoms with Crippen LogP contribution in [0.3, 0.4) is 0 Å². The molecular formula is C16H22ClNO3. The van der Waals surface area contributed by atoms with Gasteiger partial charge in [-0.2, -0.15) is 0 Å². The van der Waals surface area contributed by atoms with Gasteiger partial charge in [0.05, 0.1) is 18.8 Å². The van der Waals surface area contributed by atoms with Crippen molar-refractivity contribution in [3.05, 3.63) is 28.8 Å². The van der Waals surface area contributed by atoms with Crippen LogP contribution < -0.4 is 4.74 Å². The molecule has 1 amide bonds. The number of rotatable bonds is 4. The molecule has 1 fully saturated rings. The highest BCUT2D eigenvalue weighted by Gasteiger charge is 2.26. The van der Waals surface area contributed by atoms with E-state index in [9.17, 15) is 9.90 Å². The molecule has 1 aromatic carbocycles. The zero-order valence-electron chi connectivity index (χ0n) is 12.5. The van der Waals surface area contributed by atoms with E-state index in [-0.39, 0.29) is 17.9 Å². The summed E-state index contributed by atoms with van der Waals surface area (Å²) in [5, 5.41) is 10.6. The number of methoxy groups -OCH3 is 1. The number of benzene rings is 1. The van der Waals surface area contributed by atoms with Crippen LogP contribution in [0.4, 0.5) is 0 Å². The Morgan fingerprint density at radius 3 is 2.81 bits per heavy atom. The maximum Gasteiger partial charge on any atom is 0.257 e. The first-order chi connectivity index (χ1) is 10.0. The van der Waals surface area contributed by atoms with Crippen LogP contribution in [0.25, 0.3) is 0 Å². The molecule has 0 radical (unpaired) electrons. The first-order valence-electron chi connectivity index (χ1n) is 7.30. The number of halogens is 1. The Morgan fingerprint density at radius 1 is 1.43 bits per heavy atom.